The molecule has 1 aliphatic carbocycles. The third kappa shape index (κ3) is 3.38. The first-order chi connectivity index (χ1) is 11.6. The first-order valence-corrected chi connectivity index (χ1v) is 8.11. The smallest absolute Gasteiger partial charge is 0.331 e. The fraction of sp³-hybridized carbons (Fsp3) is 0.500. The van der Waals surface area contributed by atoms with Gasteiger partial charge in [-0.05, 0) is 25.0 Å². The number of furan rings is 1. The Balaban J connectivity index is 1.72. The summed E-state index contributed by atoms with van der Waals surface area (Å²) in [5, 5.41) is 2.20. The molecule has 0 radical (unpaired) electrons. The van der Waals surface area contributed by atoms with Crippen LogP contribution in [0.2, 0.25) is 0 Å². The molecule has 1 aromatic heterocycles. The van der Waals surface area contributed by atoms with E-state index in [4.69, 9.17) is 4.42 Å². The summed E-state index contributed by atoms with van der Waals surface area (Å²) in [5.74, 6) is -1.85. The minimum absolute atomic E-state index is 0.0172. The lowest BCUT2D eigenvalue weighted by molar-refractivity contribution is -0.428. The standard InChI is InChI=1S/C16H20N4O4/c17-12-5-1-2-6-13(12)18-8-11-14(21)19-16(23)20(15(11)22)9-10-4-3-7-24-10/h3-4,7-8,11-13H,1-2,5-6,9,17H2,(H,19,21,23)/p+1/t11-,12+,13+/m1/s1. The van der Waals surface area contributed by atoms with E-state index in [9.17, 15) is 14.4 Å². The fourth-order valence-electron chi connectivity index (χ4n) is 3.05. The van der Waals surface area contributed by atoms with Crippen LogP contribution in [0.4, 0.5) is 4.79 Å². The molecular formula is C16H21N4O4+. The van der Waals surface area contributed by atoms with Crippen LogP contribution in [0.25, 0.3) is 0 Å². The molecule has 1 aromatic rings. The molecule has 2 fully saturated rings. The minimum Gasteiger partial charge on any atom is -0.467 e. The van der Waals surface area contributed by atoms with Crippen molar-refractivity contribution in [3.8, 4) is 0 Å². The fourth-order valence-corrected chi connectivity index (χ4v) is 3.05. The van der Waals surface area contributed by atoms with Crippen molar-refractivity contribution in [2.24, 2.45) is 10.9 Å². The molecule has 1 aliphatic heterocycles. The van der Waals surface area contributed by atoms with Gasteiger partial charge in [-0.15, -0.1) is 0 Å². The Morgan fingerprint density at radius 2 is 2.12 bits per heavy atom. The minimum atomic E-state index is -1.09. The maximum absolute atomic E-state index is 12.5. The molecule has 8 nitrogen and oxygen atoms in total. The predicted molar refractivity (Wildman–Crippen MR) is 83.7 cm³/mol. The molecule has 2 aliphatic rings. The van der Waals surface area contributed by atoms with Gasteiger partial charge >= 0.3 is 6.03 Å². The summed E-state index contributed by atoms with van der Waals surface area (Å²) in [4.78, 5) is 41.8. The number of nitrogens with one attached hydrogen (secondary N) is 1. The number of rotatable bonds is 4. The summed E-state index contributed by atoms with van der Waals surface area (Å²) in [7, 11) is 0. The van der Waals surface area contributed by atoms with Crippen LogP contribution < -0.4 is 11.1 Å². The molecule has 128 valence electrons. The van der Waals surface area contributed by atoms with Gasteiger partial charge in [0.05, 0.1) is 12.8 Å². The van der Waals surface area contributed by atoms with E-state index in [2.05, 4.69) is 16.0 Å². The normalized spacial score (nSPS) is 28.5. The van der Waals surface area contributed by atoms with E-state index in [1.54, 1.807) is 12.1 Å². The Labute approximate surface area is 139 Å². The number of hydrogen-bond acceptors (Lipinski definition) is 5. The second-order valence-electron chi connectivity index (χ2n) is 6.19. The molecule has 0 bridgehead atoms. The van der Waals surface area contributed by atoms with E-state index in [-0.39, 0.29) is 18.6 Å². The van der Waals surface area contributed by atoms with Gasteiger partial charge in [0.25, 0.3) is 0 Å². The number of carbonyl (C=O) groups excluding carboxylic acids is 3. The average molecular weight is 333 g/mol. The van der Waals surface area contributed by atoms with Crippen LogP contribution in [-0.4, -0.2) is 41.0 Å². The Bertz CT molecular complexity index is 655. The molecule has 4 amide bonds. The van der Waals surface area contributed by atoms with E-state index >= 15 is 0 Å². The molecule has 4 N–H and O–H groups in total. The zero-order valence-corrected chi connectivity index (χ0v) is 13.3. The lowest BCUT2D eigenvalue weighted by Gasteiger charge is -2.28. The summed E-state index contributed by atoms with van der Waals surface area (Å²) in [5.41, 5.74) is 4.08. The topological polar surface area (TPSA) is 120 Å². The van der Waals surface area contributed by atoms with Crippen molar-refractivity contribution in [3.05, 3.63) is 24.2 Å². The highest BCUT2D eigenvalue weighted by atomic mass is 16.3. The largest absolute Gasteiger partial charge is 0.467 e. The van der Waals surface area contributed by atoms with Crippen molar-refractivity contribution in [1.29, 1.82) is 0 Å². The molecule has 3 rings (SSSR count). The number of urea groups is 1. The lowest BCUT2D eigenvalue weighted by Crippen LogP contribution is -2.66. The summed E-state index contributed by atoms with van der Waals surface area (Å²) in [6.45, 7) is -0.0172. The maximum Gasteiger partial charge on any atom is 0.331 e. The van der Waals surface area contributed by atoms with Crippen LogP contribution in [0, 0.1) is 5.92 Å². The number of hydrogen-bond donors (Lipinski definition) is 2. The van der Waals surface area contributed by atoms with Gasteiger partial charge in [0.15, 0.2) is 5.92 Å². The molecule has 24 heavy (non-hydrogen) atoms. The zero-order valence-electron chi connectivity index (χ0n) is 13.3. The Kier molecular flexibility index (Phi) is 4.75. The molecule has 2 heterocycles. The number of quaternary nitrogens is 1. The van der Waals surface area contributed by atoms with Crippen LogP contribution in [0.5, 0.6) is 0 Å². The molecule has 1 saturated heterocycles. The van der Waals surface area contributed by atoms with Gasteiger partial charge < -0.3 is 10.2 Å². The molecule has 0 aromatic carbocycles. The van der Waals surface area contributed by atoms with Crippen LogP contribution in [0.1, 0.15) is 31.4 Å². The monoisotopic (exact) mass is 333 g/mol. The van der Waals surface area contributed by atoms with Gasteiger partial charge in [0.2, 0.25) is 11.8 Å². The van der Waals surface area contributed by atoms with Crippen molar-refractivity contribution in [2.75, 3.05) is 0 Å². The third-order valence-electron chi connectivity index (χ3n) is 4.48. The van der Waals surface area contributed by atoms with Crippen molar-refractivity contribution in [2.45, 2.75) is 44.3 Å². The highest BCUT2D eigenvalue weighted by molar-refractivity contribution is 6.23. The summed E-state index contributed by atoms with van der Waals surface area (Å²) >= 11 is 0. The highest BCUT2D eigenvalue weighted by Crippen LogP contribution is 2.19. The lowest BCUT2D eigenvalue weighted by atomic mass is 9.91. The second kappa shape index (κ2) is 6.96. The van der Waals surface area contributed by atoms with Gasteiger partial charge in [-0.2, -0.15) is 0 Å². The van der Waals surface area contributed by atoms with E-state index in [0.29, 0.717) is 5.76 Å². The second-order valence-corrected chi connectivity index (χ2v) is 6.19. The number of amides is 4. The van der Waals surface area contributed by atoms with E-state index in [1.807, 2.05) is 0 Å². The first kappa shape index (κ1) is 16.4. The molecular weight excluding hydrogens is 312 g/mol. The highest BCUT2D eigenvalue weighted by Gasteiger charge is 2.40. The third-order valence-corrected chi connectivity index (χ3v) is 4.48. The van der Waals surface area contributed by atoms with Crippen LogP contribution in [0.15, 0.2) is 27.8 Å². The van der Waals surface area contributed by atoms with Gasteiger partial charge in [0.1, 0.15) is 17.8 Å². The molecule has 0 spiro atoms. The number of imide groups is 2. The van der Waals surface area contributed by atoms with Crippen LogP contribution >= 0.6 is 0 Å². The Hall–Kier alpha value is -2.48. The Morgan fingerprint density at radius 1 is 1.33 bits per heavy atom. The van der Waals surface area contributed by atoms with Crippen molar-refractivity contribution in [3.63, 3.8) is 0 Å². The number of nitrogens with zero attached hydrogens (tertiary/aromatic N) is 2. The quantitative estimate of drug-likeness (QED) is 0.599. The van der Waals surface area contributed by atoms with Gasteiger partial charge in [-0.25, -0.2) is 4.79 Å². The zero-order chi connectivity index (χ0) is 17.1. The summed E-state index contributed by atoms with van der Waals surface area (Å²) < 4.78 is 5.16. The summed E-state index contributed by atoms with van der Waals surface area (Å²) in [6.07, 6.45) is 6.94. The molecule has 8 heteroatoms. The Morgan fingerprint density at radius 3 is 2.83 bits per heavy atom. The van der Waals surface area contributed by atoms with E-state index in [1.165, 1.54) is 12.5 Å². The van der Waals surface area contributed by atoms with Gasteiger partial charge in [-0.3, -0.25) is 24.8 Å². The van der Waals surface area contributed by atoms with E-state index in [0.717, 1.165) is 30.6 Å². The predicted octanol–water partition coefficient (Wildman–Crippen LogP) is 0.0981. The SMILES string of the molecule is [NH3+][C@H]1CCCC[C@@H]1N=C[C@@H]1C(=O)NC(=O)N(Cc2ccco2)C1=O. The van der Waals surface area contributed by atoms with Gasteiger partial charge in [0, 0.05) is 12.6 Å². The van der Waals surface area contributed by atoms with Crippen LogP contribution in [0.3, 0.4) is 0 Å². The van der Waals surface area contributed by atoms with Crippen molar-refractivity contribution in [1.82, 2.24) is 10.2 Å². The van der Waals surface area contributed by atoms with Crippen molar-refractivity contribution < 1.29 is 24.5 Å². The number of barbiturate groups is 1. The van der Waals surface area contributed by atoms with Crippen molar-refractivity contribution >= 4 is 24.1 Å². The molecule has 3 atom stereocenters. The average Bonchev–Trinajstić information content (AvgIpc) is 3.06. The summed E-state index contributed by atoms with van der Waals surface area (Å²) in [6, 6.07) is 2.81. The van der Waals surface area contributed by atoms with Crippen LogP contribution in [-0.2, 0) is 16.1 Å². The van der Waals surface area contributed by atoms with Gasteiger partial charge in [-0.1, -0.05) is 6.42 Å². The first-order valence-electron chi connectivity index (χ1n) is 8.11. The number of carbonyl (C=O) groups is 3. The van der Waals surface area contributed by atoms with E-state index < -0.39 is 23.8 Å². The number of aliphatic imine (C=N–C) groups is 1. The molecule has 1 saturated carbocycles. The maximum atomic E-state index is 12.5. The molecule has 0 unspecified atom stereocenters.